The molecule has 0 saturated carbocycles. The second-order valence-corrected chi connectivity index (χ2v) is 7.75. The van der Waals surface area contributed by atoms with Crippen LogP contribution in [0.15, 0.2) is 29.1 Å². The summed E-state index contributed by atoms with van der Waals surface area (Å²) in [5.41, 5.74) is -0.330. The van der Waals surface area contributed by atoms with Gasteiger partial charge in [-0.25, -0.2) is 13.9 Å². The van der Waals surface area contributed by atoms with Crippen molar-refractivity contribution in [1.29, 1.82) is 0 Å². The van der Waals surface area contributed by atoms with Crippen molar-refractivity contribution in [2.24, 2.45) is 0 Å². The van der Waals surface area contributed by atoms with Gasteiger partial charge in [-0.2, -0.15) is 5.10 Å². The van der Waals surface area contributed by atoms with Gasteiger partial charge in [0.1, 0.15) is 18.0 Å². The molecule has 1 fully saturated rings. The number of benzene rings is 1. The summed E-state index contributed by atoms with van der Waals surface area (Å²) in [6.45, 7) is 2.39. The number of carbonyl (C=O) groups is 1. The fraction of sp³-hybridized carbons (Fsp3) is 0.526. The molecular formula is C19H24FN5O3. The van der Waals surface area contributed by atoms with E-state index < -0.39 is 5.60 Å². The molecular weight excluding hydrogens is 365 g/mol. The van der Waals surface area contributed by atoms with Crippen LogP contribution in [0.4, 0.5) is 4.39 Å². The summed E-state index contributed by atoms with van der Waals surface area (Å²) in [4.78, 5) is 28.4. The molecule has 1 atom stereocenters. The van der Waals surface area contributed by atoms with Crippen molar-refractivity contribution in [3.8, 4) is 0 Å². The van der Waals surface area contributed by atoms with Gasteiger partial charge >= 0.3 is 5.69 Å². The molecule has 1 aromatic carbocycles. The number of amides is 1. The van der Waals surface area contributed by atoms with Crippen LogP contribution < -0.4 is 5.69 Å². The molecule has 1 amide bonds. The standard InChI is InChI=1S/C19H24FN5O3/c1-22(2)17(26)10-23-8-7-19(12-23)13-24-16(11-28-19)21-25(18(24)27)9-14-5-3-4-6-15(14)20/h3-6H,7-13H2,1-2H3. The van der Waals surface area contributed by atoms with E-state index >= 15 is 0 Å². The number of carbonyl (C=O) groups excluding carboxylic acids is 1. The molecule has 4 rings (SSSR count). The van der Waals surface area contributed by atoms with E-state index in [1.54, 1.807) is 41.8 Å². The van der Waals surface area contributed by atoms with Crippen LogP contribution in [0.2, 0.25) is 0 Å². The monoisotopic (exact) mass is 389 g/mol. The molecule has 0 N–H and O–H groups in total. The Morgan fingerprint density at radius 3 is 2.86 bits per heavy atom. The zero-order chi connectivity index (χ0) is 19.9. The Morgan fingerprint density at radius 1 is 1.32 bits per heavy atom. The van der Waals surface area contributed by atoms with Crippen molar-refractivity contribution in [2.45, 2.75) is 31.7 Å². The van der Waals surface area contributed by atoms with Crippen molar-refractivity contribution in [3.63, 3.8) is 0 Å². The highest BCUT2D eigenvalue weighted by molar-refractivity contribution is 5.77. The first-order chi connectivity index (χ1) is 13.4. The topological polar surface area (TPSA) is 72.6 Å². The third kappa shape index (κ3) is 3.47. The van der Waals surface area contributed by atoms with Gasteiger partial charge in [-0.05, 0) is 12.5 Å². The Bertz CT molecular complexity index is 953. The number of likely N-dealkylation sites (N-methyl/N-ethyl adjacent to an activating group) is 1. The molecule has 0 aliphatic carbocycles. The summed E-state index contributed by atoms with van der Waals surface area (Å²) in [5, 5.41) is 4.33. The lowest BCUT2D eigenvalue weighted by molar-refractivity contribution is -0.130. The molecule has 1 unspecified atom stereocenters. The number of hydrogen-bond acceptors (Lipinski definition) is 5. The first-order valence-corrected chi connectivity index (χ1v) is 9.33. The maximum atomic E-state index is 13.9. The first-order valence-electron chi connectivity index (χ1n) is 9.33. The summed E-state index contributed by atoms with van der Waals surface area (Å²) in [5.74, 6) is 0.239. The molecule has 9 heteroatoms. The Balaban J connectivity index is 1.50. The van der Waals surface area contributed by atoms with Crippen LogP contribution in [0.25, 0.3) is 0 Å². The minimum absolute atomic E-state index is 0.0448. The van der Waals surface area contributed by atoms with E-state index in [0.29, 0.717) is 31.0 Å². The second kappa shape index (κ2) is 7.14. The van der Waals surface area contributed by atoms with E-state index in [1.807, 2.05) is 0 Å². The molecule has 1 spiro atoms. The third-order valence-corrected chi connectivity index (χ3v) is 5.48. The van der Waals surface area contributed by atoms with Gasteiger partial charge in [-0.1, -0.05) is 18.2 Å². The number of rotatable bonds is 4. The van der Waals surface area contributed by atoms with Crippen LogP contribution in [0.1, 0.15) is 17.8 Å². The molecule has 150 valence electrons. The van der Waals surface area contributed by atoms with Gasteiger partial charge in [0, 0.05) is 32.7 Å². The maximum absolute atomic E-state index is 13.9. The predicted molar refractivity (Wildman–Crippen MR) is 99.3 cm³/mol. The third-order valence-electron chi connectivity index (χ3n) is 5.48. The van der Waals surface area contributed by atoms with Gasteiger partial charge in [0.05, 0.1) is 19.6 Å². The summed E-state index contributed by atoms with van der Waals surface area (Å²) in [7, 11) is 3.47. The lowest BCUT2D eigenvalue weighted by atomic mass is 10.0. The number of aromatic nitrogens is 3. The molecule has 8 nitrogen and oxygen atoms in total. The van der Waals surface area contributed by atoms with Crippen molar-refractivity contribution in [1.82, 2.24) is 24.1 Å². The summed E-state index contributed by atoms with van der Waals surface area (Å²) in [6, 6.07) is 6.37. The van der Waals surface area contributed by atoms with E-state index in [9.17, 15) is 14.0 Å². The molecule has 0 bridgehead atoms. The maximum Gasteiger partial charge on any atom is 0.346 e. The number of hydrogen-bond donors (Lipinski definition) is 0. The zero-order valence-electron chi connectivity index (χ0n) is 16.1. The van der Waals surface area contributed by atoms with Crippen LogP contribution >= 0.6 is 0 Å². The second-order valence-electron chi connectivity index (χ2n) is 7.75. The summed E-state index contributed by atoms with van der Waals surface area (Å²) >= 11 is 0. The summed E-state index contributed by atoms with van der Waals surface area (Å²) < 4.78 is 22.9. The van der Waals surface area contributed by atoms with Crippen molar-refractivity contribution < 1.29 is 13.9 Å². The average Bonchev–Trinajstić information content (AvgIpc) is 3.19. The van der Waals surface area contributed by atoms with E-state index in [-0.39, 0.29) is 30.6 Å². The van der Waals surface area contributed by atoms with Crippen LogP contribution in [0.5, 0.6) is 0 Å². The van der Waals surface area contributed by atoms with Gasteiger partial charge in [-0.15, -0.1) is 0 Å². The SMILES string of the molecule is CN(C)C(=O)CN1CCC2(C1)Cn1c(nn(Cc3ccccc3F)c1=O)CO2. The molecule has 2 aliphatic rings. The fourth-order valence-electron chi connectivity index (χ4n) is 3.84. The molecule has 2 aliphatic heterocycles. The van der Waals surface area contributed by atoms with Gasteiger partial charge in [0.25, 0.3) is 0 Å². The van der Waals surface area contributed by atoms with E-state index in [0.717, 1.165) is 13.0 Å². The average molecular weight is 389 g/mol. The number of likely N-dealkylation sites (tertiary alicyclic amines) is 1. The quantitative estimate of drug-likeness (QED) is 0.752. The smallest absolute Gasteiger partial charge is 0.346 e. The molecule has 0 radical (unpaired) electrons. The van der Waals surface area contributed by atoms with E-state index in [1.165, 1.54) is 10.7 Å². The Kier molecular flexibility index (Phi) is 4.80. The van der Waals surface area contributed by atoms with Gasteiger partial charge in [-0.3, -0.25) is 14.3 Å². The Labute approximate surface area is 162 Å². The van der Waals surface area contributed by atoms with Crippen molar-refractivity contribution in [3.05, 3.63) is 52.0 Å². The lowest BCUT2D eigenvalue weighted by Crippen LogP contribution is -2.47. The molecule has 1 saturated heterocycles. The largest absolute Gasteiger partial charge is 0.364 e. The zero-order valence-corrected chi connectivity index (χ0v) is 16.1. The van der Waals surface area contributed by atoms with Crippen LogP contribution in [-0.4, -0.2) is 69.4 Å². The lowest BCUT2D eigenvalue weighted by Gasteiger charge is -2.33. The van der Waals surface area contributed by atoms with E-state index in [2.05, 4.69) is 10.00 Å². The van der Waals surface area contributed by atoms with Gasteiger partial charge in [0.2, 0.25) is 5.91 Å². The Hall–Kier alpha value is -2.52. The number of fused-ring (bicyclic) bond motifs is 1. The highest BCUT2D eigenvalue weighted by Gasteiger charge is 2.44. The van der Waals surface area contributed by atoms with Crippen molar-refractivity contribution >= 4 is 5.91 Å². The van der Waals surface area contributed by atoms with Crippen LogP contribution in [-0.2, 0) is 29.2 Å². The fourth-order valence-corrected chi connectivity index (χ4v) is 3.84. The normalized spacial score (nSPS) is 21.8. The molecule has 3 heterocycles. The minimum Gasteiger partial charge on any atom is -0.364 e. The highest BCUT2D eigenvalue weighted by atomic mass is 19.1. The number of nitrogens with zero attached hydrogens (tertiary/aromatic N) is 5. The van der Waals surface area contributed by atoms with Crippen molar-refractivity contribution in [2.75, 3.05) is 33.7 Å². The molecule has 2 aromatic rings. The molecule has 28 heavy (non-hydrogen) atoms. The number of halogens is 1. The highest BCUT2D eigenvalue weighted by Crippen LogP contribution is 2.31. The predicted octanol–water partition coefficient (Wildman–Crippen LogP) is 0.295. The van der Waals surface area contributed by atoms with Crippen LogP contribution in [0, 0.1) is 5.82 Å². The molecule has 1 aromatic heterocycles. The summed E-state index contributed by atoms with van der Waals surface area (Å²) in [6.07, 6.45) is 0.748. The number of ether oxygens (including phenoxy) is 1. The van der Waals surface area contributed by atoms with Crippen LogP contribution in [0.3, 0.4) is 0 Å². The minimum atomic E-state index is -0.491. The first kappa shape index (κ1) is 18.8. The van der Waals surface area contributed by atoms with Gasteiger partial charge < -0.3 is 9.64 Å². The Morgan fingerprint density at radius 2 is 2.11 bits per heavy atom. The van der Waals surface area contributed by atoms with E-state index in [4.69, 9.17) is 4.74 Å². The van der Waals surface area contributed by atoms with Gasteiger partial charge in [0.15, 0.2) is 5.82 Å².